The van der Waals surface area contributed by atoms with Gasteiger partial charge in [-0.05, 0) is 31.2 Å². The number of anilines is 1. The predicted molar refractivity (Wildman–Crippen MR) is 103 cm³/mol. The van der Waals surface area contributed by atoms with Gasteiger partial charge in [-0.15, -0.1) is 0 Å². The van der Waals surface area contributed by atoms with Gasteiger partial charge in [0.05, 0.1) is 22.3 Å². The lowest BCUT2D eigenvalue weighted by Gasteiger charge is -2.09. The quantitative estimate of drug-likeness (QED) is 0.551. The number of carbonyl (C=O) groups excluding carboxylic acids is 2. The van der Waals surface area contributed by atoms with Crippen LogP contribution in [-0.4, -0.2) is 25.1 Å². The Kier molecular flexibility index (Phi) is 7.51. The molecule has 0 aliphatic carbocycles. The summed E-state index contributed by atoms with van der Waals surface area (Å²) in [6.07, 6.45) is 2.80. The van der Waals surface area contributed by atoms with Crippen LogP contribution >= 0.6 is 23.2 Å². The minimum atomic E-state index is -0.656. The third kappa shape index (κ3) is 5.79. The first-order valence-corrected chi connectivity index (χ1v) is 8.57. The summed E-state index contributed by atoms with van der Waals surface area (Å²) >= 11 is 11.9. The van der Waals surface area contributed by atoms with Crippen molar-refractivity contribution in [2.45, 2.75) is 6.92 Å². The maximum atomic E-state index is 11.9. The molecule has 0 saturated carbocycles. The van der Waals surface area contributed by atoms with Crippen molar-refractivity contribution in [2.75, 3.05) is 18.5 Å². The van der Waals surface area contributed by atoms with Crippen LogP contribution in [0.1, 0.15) is 12.5 Å². The summed E-state index contributed by atoms with van der Waals surface area (Å²) in [7, 11) is 0. The Morgan fingerprint density at radius 3 is 2.46 bits per heavy atom. The highest BCUT2D eigenvalue weighted by molar-refractivity contribution is 6.39. The molecule has 0 atom stereocenters. The van der Waals surface area contributed by atoms with Crippen molar-refractivity contribution in [3.05, 3.63) is 64.1 Å². The molecule has 7 heteroatoms. The molecular weight excluding hydrogens is 377 g/mol. The monoisotopic (exact) mass is 393 g/mol. The Labute approximate surface area is 161 Å². The Morgan fingerprint density at radius 2 is 1.77 bits per heavy atom. The minimum Gasteiger partial charge on any atom is -0.493 e. The molecule has 0 unspecified atom stereocenters. The summed E-state index contributed by atoms with van der Waals surface area (Å²) in [5.74, 6) is -0.543. The van der Waals surface area contributed by atoms with E-state index < -0.39 is 18.5 Å². The smallest absolute Gasteiger partial charge is 0.331 e. The summed E-state index contributed by atoms with van der Waals surface area (Å²) in [4.78, 5) is 23.7. The molecule has 0 spiro atoms. The lowest BCUT2D eigenvalue weighted by Crippen LogP contribution is -2.20. The Hall–Kier alpha value is -2.50. The van der Waals surface area contributed by atoms with Gasteiger partial charge in [0.15, 0.2) is 6.61 Å². The van der Waals surface area contributed by atoms with Gasteiger partial charge in [0.1, 0.15) is 5.75 Å². The van der Waals surface area contributed by atoms with E-state index in [4.69, 9.17) is 32.7 Å². The van der Waals surface area contributed by atoms with Gasteiger partial charge in [0.2, 0.25) is 0 Å². The fourth-order valence-electron chi connectivity index (χ4n) is 2.04. The number of hydrogen-bond donors (Lipinski definition) is 1. The van der Waals surface area contributed by atoms with E-state index in [1.807, 2.05) is 19.1 Å². The lowest BCUT2D eigenvalue weighted by molar-refractivity contribution is -0.142. The van der Waals surface area contributed by atoms with Gasteiger partial charge in [-0.3, -0.25) is 4.79 Å². The molecule has 5 nitrogen and oxygen atoms in total. The van der Waals surface area contributed by atoms with Crippen molar-refractivity contribution in [2.24, 2.45) is 0 Å². The maximum absolute atomic E-state index is 11.9. The normalized spacial score (nSPS) is 10.6. The van der Waals surface area contributed by atoms with Crippen LogP contribution in [0.4, 0.5) is 5.69 Å². The second-order valence-electron chi connectivity index (χ2n) is 5.06. The fourth-order valence-corrected chi connectivity index (χ4v) is 2.53. The van der Waals surface area contributed by atoms with E-state index in [1.165, 1.54) is 6.08 Å². The first-order chi connectivity index (χ1) is 12.5. The molecule has 0 bridgehead atoms. The van der Waals surface area contributed by atoms with Crippen molar-refractivity contribution in [3.8, 4) is 5.75 Å². The molecule has 0 fully saturated rings. The topological polar surface area (TPSA) is 64.6 Å². The van der Waals surface area contributed by atoms with Gasteiger partial charge in [-0.25, -0.2) is 4.79 Å². The van der Waals surface area contributed by atoms with Crippen LogP contribution in [0.3, 0.4) is 0 Å². The summed E-state index contributed by atoms with van der Waals surface area (Å²) < 4.78 is 10.4. The first kappa shape index (κ1) is 19.8. The third-order valence-electron chi connectivity index (χ3n) is 3.19. The van der Waals surface area contributed by atoms with Crippen LogP contribution in [0.25, 0.3) is 6.08 Å². The van der Waals surface area contributed by atoms with Crippen molar-refractivity contribution >= 4 is 46.8 Å². The highest BCUT2D eigenvalue weighted by Gasteiger charge is 2.11. The molecule has 2 rings (SSSR count). The van der Waals surface area contributed by atoms with E-state index >= 15 is 0 Å². The molecule has 0 aliphatic heterocycles. The number of benzene rings is 2. The molecule has 0 saturated heterocycles. The van der Waals surface area contributed by atoms with Crippen LogP contribution in [0.15, 0.2) is 48.5 Å². The summed E-state index contributed by atoms with van der Waals surface area (Å²) in [5.41, 5.74) is 1.01. The van der Waals surface area contributed by atoms with Gasteiger partial charge in [0, 0.05) is 11.6 Å². The average molecular weight is 394 g/mol. The van der Waals surface area contributed by atoms with E-state index in [2.05, 4.69) is 5.32 Å². The van der Waals surface area contributed by atoms with Crippen LogP contribution in [0.5, 0.6) is 5.75 Å². The molecule has 1 amide bonds. The molecule has 0 aromatic heterocycles. The largest absolute Gasteiger partial charge is 0.493 e. The second kappa shape index (κ2) is 9.85. The Balaban J connectivity index is 1.90. The van der Waals surface area contributed by atoms with Crippen LogP contribution in [0.2, 0.25) is 10.0 Å². The van der Waals surface area contributed by atoms with Crippen LogP contribution in [-0.2, 0) is 14.3 Å². The van der Waals surface area contributed by atoms with E-state index in [1.54, 1.807) is 36.4 Å². The van der Waals surface area contributed by atoms with Crippen molar-refractivity contribution in [1.29, 1.82) is 0 Å². The third-order valence-corrected chi connectivity index (χ3v) is 3.82. The summed E-state index contributed by atoms with van der Waals surface area (Å²) in [6.45, 7) is 1.93. The molecule has 0 heterocycles. The molecule has 136 valence electrons. The van der Waals surface area contributed by atoms with E-state index in [0.717, 1.165) is 5.56 Å². The zero-order chi connectivity index (χ0) is 18.9. The number of para-hydroxylation sites is 2. The molecule has 26 heavy (non-hydrogen) atoms. The number of hydrogen-bond acceptors (Lipinski definition) is 4. The number of rotatable bonds is 7. The molecule has 2 aromatic carbocycles. The van der Waals surface area contributed by atoms with E-state index in [9.17, 15) is 9.59 Å². The molecule has 1 N–H and O–H groups in total. The molecule has 0 aliphatic rings. The SMILES string of the molecule is CCOc1ccccc1/C=C/C(=O)OCC(=O)Nc1c(Cl)cccc1Cl. The van der Waals surface area contributed by atoms with Gasteiger partial charge < -0.3 is 14.8 Å². The van der Waals surface area contributed by atoms with Gasteiger partial charge in [-0.2, -0.15) is 0 Å². The summed E-state index contributed by atoms with van der Waals surface area (Å²) in [6, 6.07) is 12.1. The van der Waals surface area contributed by atoms with Crippen molar-refractivity contribution < 1.29 is 19.1 Å². The number of ether oxygens (including phenoxy) is 2. The van der Waals surface area contributed by atoms with Crippen molar-refractivity contribution in [1.82, 2.24) is 0 Å². The predicted octanol–water partition coefficient (Wildman–Crippen LogP) is 4.59. The minimum absolute atomic E-state index is 0.276. The number of carbonyl (C=O) groups is 2. The van der Waals surface area contributed by atoms with E-state index in [-0.39, 0.29) is 5.69 Å². The zero-order valence-corrected chi connectivity index (χ0v) is 15.5. The second-order valence-corrected chi connectivity index (χ2v) is 5.87. The molecule has 0 radical (unpaired) electrons. The fraction of sp³-hybridized carbons (Fsp3) is 0.158. The molecular formula is C19H17Cl2NO4. The first-order valence-electron chi connectivity index (χ1n) is 7.81. The highest BCUT2D eigenvalue weighted by Crippen LogP contribution is 2.29. The van der Waals surface area contributed by atoms with Gasteiger partial charge in [-0.1, -0.05) is 47.5 Å². The average Bonchev–Trinajstić information content (AvgIpc) is 2.62. The van der Waals surface area contributed by atoms with Gasteiger partial charge >= 0.3 is 5.97 Å². The maximum Gasteiger partial charge on any atom is 0.331 e. The Bertz CT molecular complexity index is 801. The lowest BCUT2D eigenvalue weighted by atomic mass is 10.2. The number of halogens is 2. The number of esters is 1. The molecule has 2 aromatic rings. The standard InChI is InChI=1S/C19H17Cl2NO4/c1-2-25-16-9-4-3-6-13(16)10-11-18(24)26-12-17(23)22-19-14(20)7-5-8-15(19)21/h3-11H,2,12H2,1H3,(H,22,23)/b11-10+. The van der Waals surface area contributed by atoms with Crippen LogP contribution in [0, 0.1) is 0 Å². The number of amides is 1. The highest BCUT2D eigenvalue weighted by atomic mass is 35.5. The summed E-state index contributed by atoms with van der Waals surface area (Å²) in [5, 5.41) is 3.10. The van der Waals surface area contributed by atoms with Crippen molar-refractivity contribution in [3.63, 3.8) is 0 Å². The Morgan fingerprint density at radius 1 is 1.08 bits per heavy atom. The zero-order valence-electron chi connectivity index (χ0n) is 14.0. The van der Waals surface area contributed by atoms with Crippen LogP contribution < -0.4 is 10.1 Å². The van der Waals surface area contributed by atoms with E-state index in [0.29, 0.717) is 22.4 Å². The van der Waals surface area contributed by atoms with Gasteiger partial charge in [0.25, 0.3) is 5.91 Å². The number of nitrogens with one attached hydrogen (secondary N) is 1.